The number of hydrogen-bond donors (Lipinski definition) is 0. The summed E-state index contributed by atoms with van der Waals surface area (Å²) < 4.78 is 4.71. The molecule has 0 atom stereocenters. The fourth-order valence-electron chi connectivity index (χ4n) is 4.29. The number of hydrogen-bond acceptors (Lipinski definition) is 0. The Morgan fingerprint density at radius 2 is 1.37 bits per heavy atom. The zero-order chi connectivity index (χ0) is 20.7. The van der Waals surface area contributed by atoms with Gasteiger partial charge in [0.1, 0.15) is 5.69 Å². The number of rotatable bonds is 3. The van der Waals surface area contributed by atoms with Crippen LogP contribution < -0.4 is 4.57 Å². The summed E-state index contributed by atoms with van der Waals surface area (Å²) >= 11 is 0. The average Bonchev–Trinajstić information content (AvgIpc) is 3.08. The van der Waals surface area contributed by atoms with Crippen LogP contribution in [-0.2, 0) is 7.05 Å². The van der Waals surface area contributed by atoms with E-state index < -0.39 is 0 Å². The largest absolute Gasteiger partial charge is 0.295 e. The maximum atomic E-state index is 2.39. The first-order valence-electron chi connectivity index (χ1n) is 10.4. The molecule has 0 aliphatic carbocycles. The number of fused-ring (bicyclic) bond motifs is 1. The highest BCUT2D eigenvalue weighted by Crippen LogP contribution is 2.32. The number of benzene rings is 4. The molecule has 0 amide bonds. The molecule has 5 rings (SSSR count). The minimum Gasteiger partial charge on any atom is -0.225 e. The Morgan fingerprint density at radius 1 is 0.667 bits per heavy atom. The van der Waals surface area contributed by atoms with Gasteiger partial charge >= 0.3 is 0 Å². The first kappa shape index (κ1) is 18.4. The number of aryl methyl sites for hydroxylation is 3. The fraction of sp³-hybridized carbons (Fsp3) is 0.107. The lowest BCUT2D eigenvalue weighted by Gasteiger charge is -2.07. The van der Waals surface area contributed by atoms with E-state index in [1.54, 1.807) is 0 Å². The van der Waals surface area contributed by atoms with Crippen LogP contribution in [0.5, 0.6) is 0 Å². The quantitative estimate of drug-likeness (QED) is 0.315. The van der Waals surface area contributed by atoms with E-state index in [1.165, 1.54) is 50.4 Å². The van der Waals surface area contributed by atoms with E-state index in [9.17, 15) is 0 Å². The molecule has 5 aromatic rings. The molecule has 0 fully saturated rings. The maximum Gasteiger partial charge on any atom is 0.295 e. The van der Waals surface area contributed by atoms with Gasteiger partial charge in [0.05, 0.1) is 12.6 Å². The van der Waals surface area contributed by atoms with Crippen molar-refractivity contribution in [3.63, 3.8) is 0 Å². The minimum atomic E-state index is 1.17. The van der Waals surface area contributed by atoms with Gasteiger partial charge in [-0.15, -0.1) is 0 Å². The van der Waals surface area contributed by atoms with E-state index in [-0.39, 0.29) is 0 Å². The third kappa shape index (κ3) is 3.02. The molecule has 0 unspecified atom stereocenters. The van der Waals surface area contributed by atoms with E-state index in [4.69, 9.17) is 0 Å². The third-order valence-corrected chi connectivity index (χ3v) is 5.86. The first-order chi connectivity index (χ1) is 14.6. The Balaban J connectivity index is 1.88. The van der Waals surface area contributed by atoms with Crippen LogP contribution in [0.3, 0.4) is 0 Å². The van der Waals surface area contributed by atoms with E-state index in [0.29, 0.717) is 0 Å². The normalized spacial score (nSPS) is 11.2. The van der Waals surface area contributed by atoms with Crippen molar-refractivity contribution in [2.75, 3.05) is 0 Å². The zero-order valence-corrected chi connectivity index (χ0v) is 17.6. The SMILES string of the molecule is Cc1ccc(C)c(-c2n(-c3ccccc3)c3cc(-c4ccccc4)ccc3[n+]2C)c1. The molecule has 0 bridgehead atoms. The summed E-state index contributed by atoms with van der Waals surface area (Å²) in [4.78, 5) is 0. The van der Waals surface area contributed by atoms with Gasteiger partial charge < -0.3 is 0 Å². The summed E-state index contributed by atoms with van der Waals surface area (Å²) in [5, 5.41) is 0. The van der Waals surface area contributed by atoms with Gasteiger partial charge in [0.2, 0.25) is 0 Å². The highest BCUT2D eigenvalue weighted by Gasteiger charge is 2.27. The second-order valence-corrected chi connectivity index (χ2v) is 7.94. The van der Waals surface area contributed by atoms with Gasteiger partial charge in [-0.25, -0.2) is 4.57 Å². The highest BCUT2D eigenvalue weighted by molar-refractivity contribution is 5.84. The zero-order valence-electron chi connectivity index (χ0n) is 17.6. The second-order valence-electron chi connectivity index (χ2n) is 7.94. The summed E-state index contributed by atoms with van der Waals surface area (Å²) in [5.41, 5.74) is 9.87. The first-order valence-corrected chi connectivity index (χ1v) is 10.4. The lowest BCUT2D eigenvalue weighted by atomic mass is 10.0. The Labute approximate surface area is 177 Å². The van der Waals surface area contributed by atoms with Crippen LogP contribution in [0.15, 0.2) is 97.1 Å². The van der Waals surface area contributed by atoms with Gasteiger partial charge in [-0.05, 0) is 66.9 Å². The standard InChI is InChI=1S/C28H25N2/c1-20-14-15-21(2)25(18-20)28-29(3)26-17-16-23(22-10-6-4-7-11-22)19-27(26)30(28)24-12-8-5-9-13-24/h4-19H,1-3H3/q+1. The molecule has 0 aliphatic heterocycles. The molecule has 30 heavy (non-hydrogen) atoms. The van der Waals surface area contributed by atoms with Crippen molar-refractivity contribution in [2.24, 2.45) is 7.05 Å². The van der Waals surface area contributed by atoms with Gasteiger partial charge in [-0.1, -0.05) is 66.2 Å². The van der Waals surface area contributed by atoms with Crippen LogP contribution in [0.4, 0.5) is 0 Å². The Kier molecular flexibility index (Phi) is 4.48. The van der Waals surface area contributed by atoms with Crippen LogP contribution >= 0.6 is 0 Å². The van der Waals surface area contributed by atoms with E-state index >= 15 is 0 Å². The summed E-state index contributed by atoms with van der Waals surface area (Å²) in [6.07, 6.45) is 0. The molecule has 0 saturated heterocycles. The fourth-order valence-corrected chi connectivity index (χ4v) is 4.29. The monoisotopic (exact) mass is 389 g/mol. The molecule has 0 radical (unpaired) electrons. The lowest BCUT2D eigenvalue weighted by Crippen LogP contribution is -2.30. The summed E-state index contributed by atoms with van der Waals surface area (Å²) in [6, 6.07) is 34.7. The molecule has 0 N–H and O–H groups in total. The van der Waals surface area contributed by atoms with E-state index in [2.05, 4.69) is 127 Å². The molecular formula is C28H25N2+. The molecule has 0 aliphatic rings. The van der Waals surface area contributed by atoms with Gasteiger partial charge in [0, 0.05) is 0 Å². The van der Waals surface area contributed by atoms with Gasteiger partial charge in [-0.3, -0.25) is 0 Å². The van der Waals surface area contributed by atoms with Crippen molar-refractivity contribution < 1.29 is 4.57 Å². The third-order valence-electron chi connectivity index (χ3n) is 5.86. The molecule has 0 spiro atoms. The topological polar surface area (TPSA) is 8.81 Å². The van der Waals surface area contributed by atoms with Crippen molar-refractivity contribution in [3.8, 4) is 28.2 Å². The molecular weight excluding hydrogens is 364 g/mol. The minimum absolute atomic E-state index is 1.17. The van der Waals surface area contributed by atoms with Gasteiger partial charge in [-0.2, -0.15) is 4.57 Å². The van der Waals surface area contributed by atoms with Crippen LogP contribution in [-0.4, -0.2) is 4.57 Å². The molecule has 2 heteroatoms. The molecule has 2 nitrogen and oxygen atoms in total. The van der Waals surface area contributed by atoms with Crippen molar-refractivity contribution in [1.29, 1.82) is 0 Å². The average molecular weight is 390 g/mol. The van der Waals surface area contributed by atoms with Crippen LogP contribution in [0.2, 0.25) is 0 Å². The molecule has 1 heterocycles. The predicted octanol–water partition coefficient (Wildman–Crippen LogP) is 6.41. The smallest absolute Gasteiger partial charge is 0.225 e. The van der Waals surface area contributed by atoms with Crippen LogP contribution in [0.1, 0.15) is 11.1 Å². The van der Waals surface area contributed by atoms with E-state index in [1.807, 2.05) is 0 Å². The summed E-state index contributed by atoms with van der Waals surface area (Å²) in [6.45, 7) is 4.35. The summed E-state index contributed by atoms with van der Waals surface area (Å²) in [5.74, 6) is 1.20. The molecule has 146 valence electrons. The van der Waals surface area contributed by atoms with Crippen molar-refractivity contribution in [2.45, 2.75) is 13.8 Å². The number of nitrogens with zero attached hydrogens (tertiary/aromatic N) is 2. The van der Waals surface area contributed by atoms with Gasteiger partial charge in [0.15, 0.2) is 11.0 Å². The lowest BCUT2D eigenvalue weighted by molar-refractivity contribution is -0.633. The highest BCUT2D eigenvalue weighted by atomic mass is 15.2. The number of para-hydroxylation sites is 1. The Bertz CT molecular complexity index is 1350. The van der Waals surface area contributed by atoms with Crippen LogP contribution in [0.25, 0.3) is 39.2 Å². The molecule has 0 saturated carbocycles. The van der Waals surface area contributed by atoms with E-state index in [0.717, 1.165) is 0 Å². The Morgan fingerprint density at radius 3 is 2.10 bits per heavy atom. The summed E-state index contributed by atoms with van der Waals surface area (Å²) in [7, 11) is 2.17. The number of aromatic nitrogens is 2. The Hall–Kier alpha value is -3.65. The molecule has 1 aromatic heterocycles. The maximum absolute atomic E-state index is 2.39. The van der Waals surface area contributed by atoms with Gasteiger partial charge in [0.25, 0.3) is 5.82 Å². The van der Waals surface area contributed by atoms with Crippen LogP contribution in [0, 0.1) is 13.8 Å². The van der Waals surface area contributed by atoms with Crippen molar-refractivity contribution in [1.82, 2.24) is 4.57 Å². The van der Waals surface area contributed by atoms with Crippen molar-refractivity contribution >= 4 is 11.0 Å². The molecule has 4 aromatic carbocycles. The number of imidazole rings is 1. The second kappa shape index (κ2) is 7.31. The predicted molar refractivity (Wildman–Crippen MR) is 125 cm³/mol. The van der Waals surface area contributed by atoms with Crippen molar-refractivity contribution in [3.05, 3.63) is 108 Å².